The summed E-state index contributed by atoms with van der Waals surface area (Å²) in [5, 5.41) is 4.23. The van der Waals surface area contributed by atoms with Gasteiger partial charge in [-0.15, -0.1) is 0 Å². The van der Waals surface area contributed by atoms with Crippen molar-refractivity contribution in [2.24, 2.45) is 0 Å². The lowest BCUT2D eigenvalue weighted by atomic mass is 9.95. The number of nitrogens with zero attached hydrogens (tertiary/aromatic N) is 5. The van der Waals surface area contributed by atoms with Crippen LogP contribution >= 0.6 is 0 Å². The molecule has 0 fully saturated rings. The van der Waals surface area contributed by atoms with Crippen LogP contribution in [0.5, 0.6) is 0 Å². The van der Waals surface area contributed by atoms with E-state index < -0.39 is 0 Å². The zero-order valence-electron chi connectivity index (χ0n) is 28.0. The van der Waals surface area contributed by atoms with E-state index in [1.807, 2.05) is 60.7 Å². The summed E-state index contributed by atoms with van der Waals surface area (Å²) in [6.07, 6.45) is 1.79. The van der Waals surface area contributed by atoms with Gasteiger partial charge in [0.05, 0.1) is 50.5 Å². The fourth-order valence-corrected chi connectivity index (χ4v) is 7.02. The molecule has 242 valence electrons. The van der Waals surface area contributed by atoms with E-state index in [9.17, 15) is 0 Å². The first kappa shape index (κ1) is 29.8. The second kappa shape index (κ2) is 12.3. The van der Waals surface area contributed by atoms with Crippen molar-refractivity contribution in [2.75, 3.05) is 0 Å². The SMILES string of the molecule is c1ccc(-c2ccc3cc(-c4ccc5ccc(-c6ccc7ccc(-c8ccccn8)nc7c6)nc5c4)c4ccc(-c5ccccc5)nc4c3n2)cc1. The zero-order valence-corrected chi connectivity index (χ0v) is 28.0. The molecule has 0 spiro atoms. The van der Waals surface area contributed by atoms with Crippen LogP contribution in [0.15, 0.2) is 176 Å². The van der Waals surface area contributed by atoms with Gasteiger partial charge < -0.3 is 0 Å². The van der Waals surface area contributed by atoms with Crippen molar-refractivity contribution in [1.29, 1.82) is 0 Å². The molecule has 0 aliphatic carbocycles. The maximum Gasteiger partial charge on any atom is 0.0978 e. The highest BCUT2D eigenvalue weighted by Crippen LogP contribution is 2.37. The van der Waals surface area contributed by atoms with Gasteiger partial charge in [0.1, 0.15) is 0 Å². The highest BCUT2D eigenvalue weighted by atomic mass is 14.8. The summed E-state index contributed by atoms with van der Waals surface area (Å²) in [7, 11) is 0. The summed E-state index contributed by atoms with van der Waals surface area (Å²) in [6, 6.07) is 58.5. The smallest absolute Gasteiger partial charge is 0.0978 e. The minimum Gasteiger partial charge on any atom is -0.255 e. The number of hydrogen-bond donors (Lipinski definition) is 0. The van der Waals surface area contributed by atoms with Crippen LogP contribution in [0, 0.1) is 0 Å². The third kappa shape index (κ3) is 5.32. The van der Waals surface area contributed by atoms with E-state index in [2.05, 4.69) is 114 Å². The Morgan fingerprint density at radius 1 is 0.308 bits per heavy atom. The molecule has 0 aliphatic heterocycles. The van der Waals surface area contributed by atoms with Gasteiger partial charge in [-0.25, -0.2) is 19.9 Å². The van der Waals surface area contributed by atoms with Crippen molar-refractivity contribution >= 4 is 43.6 Å². The average molecular weight is 664 g/mol. The number of rotatable bonds is 5. The van der Waals surface area contributed by atoms with Crippen molar-refractivity contribution in [3.05, 3.63) is 176 Å². The summed E-state index contributed by atoms with van der Waals surface area (Å²) in [5.74, 6) is 0. The van der Waals surface area contributed by atoms with Crippen LogP contribution in [-0.2, 0) is 0 Å². The number of aromatic nitrogens is 5. The second-order valence-electron chi connectivity index (χ2n) is 12.9. The van der Waals surface area contributed by atoms with E-state index in [1.165, 1.54) is 0 Å². The predicted molar refractivity (Wildman–Crippen MR) is 213 cm³/mol. The molecule has 5 nitrogen and oxygen atoms in total. The standard InChI is InChI=1S/C47H29N5/c1-3-9-30(10-4-1)39-23-20-36-27-38(37-21-25-40(31-11-5-2-6-12-31)52-47(37)46(36)51-39)34-16-14-32-18-22-41(49-44(32)28-34)35-17-15-33-19-24-43(50-45(33)29-35)42-13-7-8-26-48-42/h1-29H. The van der Waals surface area contributed by atoms with Crippen LogP contribution in [0.2, 0.25) is 0 Å². The number of benzene rings is 5. The van der Waals surface area contributed by atoms with Gasteiger partial charge in [0.15, 0.2) is 0 Å². The Bertz CT molecular complexity index is 2940. The predicted octanol–water partition coefficient (Wildman–Crippen LogP) is 11.6. The van der Waals surface area contributed by atoms with Crippen LogP contribution in [-0.4, -0.2) is 24.9 Å². The second-order valence-corrected chi connectivity index (χ2v) is 12.9. The largest absolute Gasteiger partial charge is 0.255 e. The van der Waals surface area contributed by atoms with Crippen LogP contribution < -0.4 is 0 Å². The molecule has 0 atom stereocenters. The first-order valence-electron chi connectivity index (χ1n) is 17.3. The van der Waals surface area contributed by atoms with Gasteiger partial charge in [0.2, 0.25) is 0 Å². The van der Waals surface area contributed by atoms with Crippen molar-refractivity contribution in [3.8, 4) is 56.3 Å². The van der Waals surface area contributed by atoms with Gasteiger partial charge >= 0.3 is 0 Å². The summed E-state index contributed by atoms with van der Waals surface area (Å²) >= 11 is 0. The quantitative estimate of drug-likeness (QED) is 0.171. The van der Waals surface area contributed by atoms with E-state index in [1.54, 1.807) is 6.20 Å². The minimum atomic E-state index is 0.848. The Labute approximate surface area is 300 Å². The first-order chi connectivity index (χ1) is 25.7. The van der Waals surface area contributed by atoms with Crippen molar-refractivity contribution in [2.45, 2.75) is 0 Å². The maximum atomic E-state index is 5.27. The fraction of sp³-hybridized carbons (Fsp3) is 0. The molecule has 5 heterocycles. The molecular formula is C47H29N5. The number of fused-ring (bicyclic) bond motifs is 5. The topological polar surface area (TPSA) is 64.5 Å². The average Bonchev–Trinajstić information content (AvgIpc) is 3.23. The molecule has 0 saturated carbocycles. The van der Waals surface area contributed by atoms with Crippen molar-refractivity contribution < 1.29 is 0 Å². The van der Waals surface area contributed by atoms with Gasteiger partial charge in [0, 0.05) is 44.4 Å². The summed E-state index contributed by atoms with van der Waals surface area (Å²) in [4.78, 5) is 25.1. The molecule has 52 heavy (non-hydrogen) atoms. The molecule has 5 aromatic carbocycles. The van der Waals surface area contributed by atoms with Gasteiger partial charge in [-0.1, -0.05) is 109 Å². The van der Waals surface area contributed by atoms with E-state index in [4.69, 9.17) is 19.9 Å². The Kier molecular flexibility index (Phi) is 7.07. The molecule has 10 aromatic rings. The zero-order chi connectivity index (χ0) is 34.4. The number of hydrogen-bond acceptors (Lipinski definition) is 5. The van der Waals surface area contributed by atoms with Gasteiger partial charge in [-0.3, -0.25) is 4.98 Å². The highest BCUT2D eigenvalue weighted by molar-refractivity contribution is 6.11. The maximum absolute atomic E-state index is 5.27. The molecule has 0 bridgehead atoms. The molecule has 0 N–H and O–H groups in total. The van der Waals surface area contributed by atoms with E-state index in [0.717, 1.165) is 99.9 Å². The molecule has 10 rings (SSSR count). The van der Waals surface area contributed by atoms with E-state index >= 15 is 0 Å². The molecule has 0 radical (unpaired) electrons. The minimum absolute atomic E-state index is 0.848. The van der Waals surface area contributed by atoms with Gasteiger partial charge in [-0.2, -0.15) is 0 Å². The van der Waals surface area contributed by atoms with E-state index in [-0.39, 0.29) is 0 Å². The molecule has 5 aromatic heterocycles. The van der Waals surface area contributed by atoms with Crippen molar-refractivity contribution in [1.82, 2.24) is 24.9 Å². The monoisotopic (exact) mass is 663 g/mol. The molecule has 0 amide bonds. The molecule has 5 heteroatoms. The Balaban J connectivity index is 1.11. The summed E-state index contributed by atoms with van der Waals surface area (Å²) < 4.78 is 0. The lowest BCUT2D eigenvalue weighted by molar-refractivity contribution is 1.28. The summed E-state index contributed by atoms with van der Waals surface area (Å²) in [5.41, 5.74) is 13.4. The first-order valence-corrected chi connectivity index (χ1v) is 17.3. The molecule has 0 unspecified atom stereocenters. The molecule has 0 saturated heterocycles. The Hall–Kier alpha value is -7.11. The van der Waals surface area contributed by atoms with Crippen LogP contribution in [0.1, 0.15) is 0 Å². The third-order valence-electron chi connectivity index (χ3n) is 9.69. The fourth-order valence-electron chi connectivity index (χ4n) is 7.02. The highest BCUT2D eigenvalue weighted by Gasteiger charge is 2.15. The van der Waals surface area contributed by atoms with Crippen LogP contribution in [0.25, 0.3) is 99.9 Å². The molecular weight excluding hydrogens is 635 g/mol. The number of pyridine rings is 5. The lowest BCUT2D eigenvalue weighted by Gasteiger charge is -2.13. The van der Waals surface area contributed by atoms with Crippen molar-refractivity contribution in [3.63, 3.8) is 0 Å². The normalized spacial score (nSPS) is 11.5. The lowest BCUT2D eigenvalue weighted by Crippen LogP contribution is -1.94. The third-order valence-corrected chi connectivity index (χ3v) is 9.69. The van der Waals surface area contributed by atoms with Gasteiger partial charge in [0.25, 0.3) is 0 Å². The van der Waals surface area contributed by atoms with Crippen LogP contribution in [0.4, 0.5) is 0 Å². The van der Waals surface area contributed by atoms with Crippen LogP contribution in [0.3, 0.4) is 0 Å². The Morgan fingerprint density at radius 3 is 1.54 bits per heavy atom. The van der Waals surface area contributed by atoms with Gasteiger partial charge in [-0.05, 0) is 71.8 Å². The summed E-state index contributed by atoms with van der Waals surface area (Å²) in [6.45, 7) is 0. The Morgan fingerprint density at radius 2 is 0.846 bits per heavy atom. The molecule has 0 aliphatic rings. The van der Waals surface area contributed by atoms with E-state index in [0.29, 0.717) is 0 Å².